The van der Waals surface area contributed by atoms with Crippen LogP contribution in [0.5, 0.6) is 0 Å². The van der Waals surface area contributed by atoms with E-state index in [1.54, 1.807) is 12.1 Å². The zero-order chi connectivity index (χ0) is 15.6. The van der Waals surface area contributed by atoms with Crippen LogP contribution in [0.4, 0.5) is 5.69 Å². The van der Waals surface area contributed by atoms with Crippen molar-refractivity contribution in [2.75, 3.05) is 5.32 Å². The van der Waals surface area contributed by atoms with Gasteiger partial charge in [0.2, 0.25) is 0 Å². The van der Waals surface area contributed by atoms with Gasteiger partial charge in [0.1, 0.15) is 11.3 Å². The summed E-state index contributed by atoms with van der Waals surface area (Å²) < 4.78 is 0.470. The number of nitrogens with one attached hydrogen (secondary N) is 1. The highest BCUT2D eigenvalue weighted by Gasteiger charge is 2.21. The molecule has 108 valence electrons. The molecule has 0 saturated carbocycles. The largest absolute Gasteiger partial charge is 0.478 e. The third kappa shape index (κ3) is 3.34. The number of carbonyl (C=O) groups is 2. The highest BCUT2D eigenvalue weighted by molar-refractivity contribution is 9.10. The van der Waals surface area contributed by atoms with Gasteiger partial charge in [-0.3, -0.25) is 4.79 Å². The Kier molecular flexibility index (Phi) is 4.82. The van der Waals surface area contributed by atoms with E-state index in [1.165, 1.54) is 18.3 Å². The molecule has 0 bridgehead atoms. The summed E-state index contributed by atoms with van der Waals surface area (Å²) >= 11 is 15.0. The number of hydrogen-bond acceptors (Lipinski definition) is 3. The third-order valence-corrected chi connectivity index (χ3v) is 3.80. The first-order valence-electron chi connectivity index (χ1n) is 5.55. The van der Waals surface area contributed by atoms with Gasteiger partial charge in [-0.15, -0.1) is 0 Å². The smallest absolute Gasteiger partial charge is 0.339 e. The number of pyridine rings is 1. The van der Waals surface area contributed by atoms with E-state index in [2.05, 4.69) is 26.2 Å². The molecule has 0 fully saturated rings. The van der Waals surface area contributed by atoms with Gasteiger partial charge < -0.3 is 10.4 Å². The molecule has 0 aliphatic carbocycles. The van der Waals surface area contributed by atoms with Crippen LogP contribution in [0.2, 0.25) is 10.0 Å². The minimum atomic E-state index is -1.29. The van der Waals surface area contributed by atoms with E-state index >= 15 is 0 Å². The summed E-state index contributed by atoms with van der Waals surface area (Å²) in [6.45, 7) is 0. The Labute approximate surface area is 138 Å². The van der Waals surface area contributed by atoms with Gasteiger partial charge in [0.15, 0.2) is 0 Å². The molecule has 0 atom stereocenters. The van der Waals surface area contributed by atoms with Crippen molar-refractivity contribution < 1.29 is 14.7 Å². The molecule has 2 aromatic rings. The Morgan fingerprint density at radius 3 is 2.48 bits per heavy atom. The van der Waals surface area contributed by atoms with E-state index in [-0.39, 0.29) is 27.0 Å². The Hall–Kier alpha value is -1.63. The minimum Gasteiger partial charge on any atom is -0.478 e. The Balaban J connectivity index is 2.45. The molecule has 1 aromatic heterocycles. The van der Waals surface area contributed by atoms with Gasteiger partial charge in [-0.2, -0.15) is 0 Å². The lowest BCUT2D eigenvalue weighted by atomic mass is 10.1. The number of halogens is 3. The maximum Gasteiger partial charge on any atom is 0.339 e. The number of amides is 1. The standard InChI is InChI=1S/C13H7BrCl2N2O3/c14-6-2-1-5-17-10(6)12(19)18-11-8(16)4-3-7(15)9(11)13(20)21/h1-5H,(H,18,19)(H,20,21). The van der Waals surface area contributed by atoms with Gasteiger partial charge >= 0.3 is 5.97 Å². The van der Waals surface area contributed by atoms with Gasteiger partial charge in [0, 0.05) is 10.7 Å². The number of carboxylic acids is 1. The molecule has 21 heavy (non-hydrogen) atoms. The van der Waals surface area contributed by atoms with E-state index in [0.717, 1.165) is 0 Å². The molecule has 0 aliphatic heterocycles. The van der Waals surface area contributed by atoms with Crippen LogP contribution in [-0.2, 0) is 0 Å². The summed E-state index contributed by atoms with van der Waals surface area (Å²) in [4.78, 5) is 27.4. The average molecular weight is 390 g/mol. The lowest BCUT2D eigenvalue weighted by Gasteiger charge is -2.12. The van der Waals surface area contributed by atoms with Crippen LogP contribution in [0.1, 0.15) is 20.8 Å². The molecule has 1 aromatic carbocycles. The van der Waals surface area contributed by atoms with Crippen LogP contribution in [0.15, 0.2) is 34.9 Å². The predicted molar refractivity (Wildman–Crippen MR) is 83.3 cm³/mol. The average Bonchev–Trinajstić information content (AvgIpc) is 2.43. The summed E-state index contributed by atoms with van der Waals surface area (Å²) in [5.74, 6) is -1.90. The maximum absolute atomic E-state index is 12.2. The van der Waals surface area contributed by atoms with Crippen molar-refractivity contribution in [3.63, 3.8) is 0 Å². The number of anilines is 1. The van der Waals surface area contributed by atoms with Crippen molar-refractivity contribution in [1.82, 2.24) is 4.98 Å². The quantitative estimate of drug-likeness (QED) is 0.828. The van der Waals surface area contributed by atoms with Crippen LogP contribution in [0, 0.1) is 0 Å². The third-order valence-electron chi connectivity index (χ3n) is 2.53. The number of carboxylic acid groups (broad SMARTS) is 1. The molecule has 1 amide bonds. The summed E-state index contributed by atoms with van der Waals surface area (Å²) in [5.41, 5.74) is -0.242. The van der Waals surface area contributed by atoms with Gasteiger partial charge in [-0.25, -0.2) is 9.78 Å². The molecule has 0 aliphatic rings. The molecule has 5 nitrogen and oxygen atoms in total. The summed E-state index contributed by atoms with van der Waals surface area (Å²) in [6.07, 6.45) is 1.44. The fourth-order valence-corrected chi connectivity index (χ4v) is 2.49. The number of nitrogens with zero attached hydrogens (tertiary/aromatic N) is 1. The van der Waals surface area contributed by atoms with Crippen LogP contribution in [0.25, 0.3) is 0 Å². The zero-order valence-corrected chi connectivity index (χ0v) is 13.3. The van der Waals surface area contributed by atoms with Crippen molar-refractivity contribution in [3.05, 3.63) is 56.2 Å². The molecule has 0 saturated heterocycles. The van der Waals surface area contributed by atoms with Crippen LogP contribution in [0.3, 0.4) is 0 Å². The lowest BCUT2D eigenvalue weighted by Crippen LogP contribution is -2.17. The van der Waals surface area contributed by atoms with Crippen molar-refractivity contribution in [2.45, 2.75) is 0 Å². The number of aromatic carboxylic acids is 1. The molecule has 2 N–H and O–H groups in total. The molecular weight excluding hydrogens is 383 g/mol. The monoisotopic (exact) mass is 388 g/mol. The second-order valence-corrected chi connectivity index (χ2v) is 5.54. The highest BCUT2D eigenvalue weighted by atomic mass is 79.9. The fraction of sp³-hybridized carbons (Fsp3) is 0. The number of benzene rings is 1. The number of carbonyl (C=O) groups excluding carboxylic acids is 1. The normalized spacial score (nSPS) is 10.2. The summed E-state index contributed by atoms with van der Waals surface area (Å²) in [6, 6.07) is 6.04. The maximum atomic E-state index is 12.2. The van der Waals surface area contributed by atoms with Crippen LogP contribution >= 0.6 is 39.1 Å². The van der Waals surface area contributed by atoms with E-state index in [1.807, 2.05) is 0 Å². The van der Waals surface area contributed by atoms with Crippen LogP contribution in [-0.4, -0.2) is 22.0 Å². The second kappa shape index (κ2) is 6.43. The topological polar surface area (TPSA) is 79.3 Å². The van der Waals surface area contributed by atoms with Gasteiger partial charge in [-0.1, -0.05) is 23.2 Å². The van der Waals surface area contributed by atoms with Gasteiger partial charge in [0.05, 0.1) is 15.7 Å². The Bertz CT molecular complexity index is 737. The van der Waals surface area contributed by atoms with Crippen molar-refractivity contribution >= 4 is 56.7 Å². The lowest BCUT2D eigenvalue weighted by molar-refractivity contribution is 0.0698. The van der Waals surface area contributed by atoms with Crippen molar-refractivity contribution in [2.24, 2.45) is 0 Å². The number of aromatic nitrogens is 1. The van der Waals surface area contributed by atoms with Gasteiger partial charge in [0.25, 0.3) is 5.91 Å². The number of rotatable bonds is 3. The second-order valence-electron chi connectivity index (χ2n) is 3.87. The molecule has 0 unspecified atom stereocenters. The Morgan fingerprint density at radius 1 is 1.19 bits per heavy atom. The van der Waals surface area contributed by atoms with Crippen molar-refractivity contribution in [1.29, 1.82) is 0 Å². The van der Waals surface area contributed by atoms with E-state index in [9.17, 15) is 14.7 Å². The summed E-state index contributed by atoms with van der Waals surface area (Å²) in [7, 11) is 0. The summed E-state index contributed by atoms with van der Waals surface area (Å²) in [5, 5.41) is 11.7. The first kappa shape index (κ1) is 15.8. The predicted octanol–water partition coefficient (Wildman–Crippen LogP) is 4.10. The Morgan fingerprint density at radius 2 is 1.86 bits per heavy atom. The molecule has 8 heteroatoms. The highest BCUT2D eigenvalue weighted by Crippen LogP contribution is 2.32. The number of hydrogen-bond donors (Lipinski definition) is 2. The SMILES string of the molecule is O=C(Nc1c(Cl)ccc(Cl)c1C(=O)O)c1ncccc1Br. The van der Waals surface area contributed by atoms with Crippen LogP contribution < -0.4 is 5.32 Å². The first-order valence-corrected chi connectivity index (χ1v) is 7.10. The van der Waals surface area contributed by atoms with E-state index in [4.69, 9.17) is 23.2 Å². The minimum absolute atomic E-state index is 0.0257. The van der Waals surface area contributed by atoms with Gasteiger partial charge in [-0.05, 0) is 40.2 Å². The first-order chi connectivity index (χ1) is 9.91. The van der Waals surface area contributed by atoms with Crippen molar-refractivity contribution in [3.8, 4) is 0 Å². The fourth-order valence-electron chi connectivity index (χ4n) is 1.61. The van der Waals surface area contributed by atoms with E-state index < -0.39 is 11.9 Å². The molecule has 1 heterocycles. The zero-order valence-electron chi connectivity index (χ0n) is 10.2. The van der Waals surface area contributed by atoms with E-state index in [0.29, 0.717) is 4.47 Å². The molecule has 0 radical (unpaired) electrons. The molecule has 2 rings (SSSR count). The molecular formula is C13H7BrCl2N2O3. The molecule has 0 spiro atoms.